The van der Waals surface area contributed by atoms with Crippen molar-refractivity contribution >= 4 is 17.4 Å². The van der Waals surface area contributed by atoms with Crippen molar-refractivity contribution in [2.45, 2.75) is 38.9 Å². The first-order valence-electron chi connectivity index (χ1n) is 6.29. The van der Waals surface area contributed by atoms with Crippen molar-refractivity contribution in [3.63, 3.8) is 0 Å². The maximum atomic E-state index is 12.8. The van der Waals surface area contributed by atoms with E-state index in [1.54, 1.807) is 0 Å². The zero-order valence-corrected chi connectivity index (χ0v) is 11.6. The first-order valence-corrected chi connectivity index (χ1v) is 6.66. The number of anilines is 1. The predicted octanol–water partition coefficient (Wildman–Crippen LogP) is 4.38. The molecule has 19 heavy (non-hydrogen) atoms. The average molecular weight is 293 g/mol. The van der Waals surface area contributed by atoms with E-state index in [9.17, 15) is 13.2 Å². The van der Waals surface area contributed by atoms with Crippen molar-refractivity contribution < 1.29 is 13.2 Å². The molecule has 0 aromatic carbocycles. The molecule has 1 aliphatic rings. The minimum atomic E-state index is -4.39. The number of alkyl halides is 3. The summed E-state index contributed by atoms with van der Waals surface area (Å²) >= 11 is 5.72. The molecule has 1 saturated carbocycles. The summed E-state index contributed by atoms with van der Waals surface area (Å²) in [5.41, 5.74) is -0.739. The summed E-state index contributed by atoms with van der Waals surface area (Å²) in [5.74, 6) is 0.687. The molecule has 0 unspecified atom stereocenters. The van der Waals surface area contributed by atoms with Crippen molar-refractivity contribution in [3.05, 3.63) is 22.8 Å². The minimum absolute atomic E-state index is 0.112. The lowest BCUT2D eigenvalue weighted by atomic mass is 10.2. The highest BCUT2D eigenvalue weighted by Crippen LogP contribution is 2.36. The van der Waals surface area contributed by atoms with Crippen molar-refractivity contribution in [1.82, 2.24) is 4.98 Å². The summed E-state index contributed by atoms with van der Waals surface area (Å²) in [7, 11) is 0. The first-order chi connectivity index (χ1) is 8.77. The van der Waals surface area contributed by atoms with Crippen LogP contribution in [0.5, 0.6) is 0 Å². The predicted molar refractivity (Wildman–Crippen MR) is 69.5 cm³/mol. The molecule has 2 nitrogen and oxygen atoms in total. The van der Waals surface area contributed by atoms with E-state index in [-0.39, 0.29) is 5.15 Å². The molecule has 1 heterocycles. The molecule has 6 heteroatoms. The molecular formula is C13H16ClF3N2. The second-order valence-corrected chi connectivity index (χ2v) is 5.70. The van der Waals surface area contributed by atoms with E-state index in [2.05, 4.69) is 4.98 Å². The smallest absolute Gasteiger partial charge is 0.353 e. The lowest BCUT2D eigenvalue weighted by Gasteiger charge is -2.26. The third kappa shape index (κ3) is 3.75. The Labute approximate surface area is 115 Å². The van der Waals surface area contributed by atoms with E-state index in [1.165, 1.54) is 0 Å². The number of pyridine rings is 1. The second-order valence-electron chi connectivity index (χ2n) is 5.31. The highest BCUT2D eigenvalue weighted by atomic mass is 35.5. The maximum Gasteiger partial charge on any atom is 0.416 e. The van der Waals surface area contributed by atoms with Gasteiger partial charge in [0, 0.05) is 12.6 Å². The van der Waals surface area contributed by atoms with E-state index in [0.29, 0.717) is 24.3 Å². The van der Waals surface area contributed by atoms with Crippen LogP contribution in [0.1, 0.15) is 32.3 Å². The third-order valence-corrected chi connectivity index (χ3v) is 3.15. The highest BCUT2D eigenvalue weighted by Gasteiger charge is 2.35. The number of rotatable bonds is 4. The van der Waals surface area contributed by atoms with Gasteiger partial charge in [-0.3, -0.25) is 0 Å². The summed E-state index contributed by atoms with van der Waals surface area (Å²) in [6.07, 6.45) is -2.39. The minimum Gasteiger partial charge on any atom is -0.353 e. The number of halogens is 4. The van der Waals surface area contributed by atoms with Crippen LogP contribution in [0.15, 0.2) is 12.1 Å². The first kappa shape index (κ1) is 14.4. The van der Waals surface area contributed by atoms with Crippen molar-refractivity contribution in [1.29, 1.82) is 0 Å². The molecule has 1 aliphatic carbocycles. The van der Waals surface area contributed by atoms with Gasteiger partial charge in [-0.2, -0.15) is 13.2 Å². The van der Waals surface area contributed by atoms with Gasteiger partial charge < -0.3 is 4.90 Å². The molecule has 0 amide bonds. The van der Waals surface area contributed by atoms with Crippen LogP contribution in [0.25, 0.3) is 0 Å². The molecule has 2 rings (SSSR count). The lowest BCUT2D eigenvalue weighted by Crippen LogP contribution is -2.31. The van der Waals surface area contributed by atoms with Gasteiger partial charge in [0.1, 0.15) is 11.0 Å². The number of nitrogens with zero attached hydrogens (tertiary/aromatic N) is 2. The molecule has 0 bridgehead atoms. The van der Waals surface area contributed by atoms with Crippen molar-refractivity contribution in [3.8, 4) is 0 Å². The van der Waals surface area contributed by atoms with Gasteiger partial charge >= 0.3 is 6.18 Å². The van der Waals surface area contributed by atoms with E-state index in [0.717, 1.165) is 25.0 Å². The average Bonchev–Trinajstić information content (AvgIpc) is 3.07. The van der Waals surface area contributed by atoms with Gasteiger partial charge in [0.25, 0.3) is 0 Å². The van der Waals surface area contributed by atoms with Crippen LogP contribution in [-0.4, -0.2) is 17.6 Å². The molecular weight excluding hydrogens is 277 g/mol. The zero-order chi connectivity index (χ0) is 14.2. The lowest BCUT2D eigenvalue weighted by molar-refractivity contribution is -0.137. The quantitative estimate of drug-likeness (QED) is 0.766. The van der Waals surface area contributed by atoms with Gasteiger partial charge in [-0.25, -0.2) is 4.98 Å². The summed E-state index contributed by atoms with van der Waals surface area (Å²) in [5, 5.41) is -0.112. The summed E-state index contributed by atoms with van der Waals surface area (Å²) < 4.78 is 38.4. The Hall–Kier alpha value is -0.970. The van der Waals surface area contributed by atoms with E-state index in [4.69, 9.17) is 11.6 Å². The largest absolute Gasteiger partial charge is 0.416 e. The van der Waals surface area contributed by atoms with Gasteiger partial charge in [-0.1, -0.05) is 25.4 Å². The molecule has 0 radical (unpaired) electrons. The number of aromatic nitrogens is 1. The molecule has 0 atom stereocenters. The summed E-state index contributed by atoms with van der Waals surface area (Å²) in [4.78, 5) is 5.99. The van der Waals surface area contributed by atoms with Crippen LogP contribution in [0.4, 0.5) is 19.0 Å². The SMILES string of the molecule is CC(C)CN(c1cc(C(F)(F)F)cc(Cl)n1)C1CC1. The molecule has 0 aliphatic heterocycles. The van der Waals surface area contributed by atoms with Gasteiger partial charge in [-0.05, 0) is 30.9 Å². The topological polar surface area (TPSA) is 16.1 Å². The Bertz CT molecular complexity index is 456. The van der Waals surface area contributed by atoms with E-state index in [1.807, 2.05) is 18.7 Å². The van der Waals surface area contributed by atoms with E-state index >= 15 is 0 Å². The monoisotopic (exact) mass is 292 g/mol. The molecule has 106 valence electrons. The summed E-state index contributed by atoms with van der Waals surface area (Å²) in [6.45, 7) is 4.75. The molecule has 1 aromatic heterocycles. The zero-order valence-electron chi connectivity index (χ0n) is 10.8. The molecule has 0 N–H and O–H groups in total. The Morgan fingerprint density at radius 3 is 2.47 bits per heavy atom. The fraction of sp³-hybridized carbons (Fsp3) is 0.615. The normalized spacial score (nSPS) is 15.9. The molecule has 0 saturated heterocycles. The van der Waals surface area contributed by atoms with Crippen molar-refractivity contribution in [2.24, 2.45) is 5.92 Å². The fourth-order valence-corrected chi connectivity index (χ4v) is 2.21. The van der Waals surface area contributed by atoms with E-state index < -0.39 is 11.7 Å². The Balaban J connectivity index is 2.34. The fourth-order valence-electron chi connectivity index (χ4n) is 2.00. The molecule has 1 aromatic rings. The van der Waals surface area contributed by atoms with Crippen LogP contribution >= 0.6 is 11.6 Å². The third-order valence-electron chi connectivity index (χ3n) is 2.95. The second kappa shape index (κ2) is 5.19. The van der Waals surface area contributed by atoms with Gasteiger partial charge in [0.15, 0.2) is 0 Å². The Morgan fingerprint density at radius 2 is 2.00 bits per heavy atom. The molecule has 0 spiro atoms. The van der Waals surface area contributed by atoms with Crippen molar-refractivity contribution in [2.75, 3.05) is 11.4 Å². The van der Waals surface area contributed by atoms with Gasteiger partial charge in [-0.15, -0.1) is 0 Å². The van der Waals surface area contributed by atoms with Crippen LogP contribution in [0.2, 0.25) is 5.15 Å². The number of hydrogen-bond donors (Lipinski definition) is 0. The van der Waals surface area contributed by atoms with Crippen LogP contribution in [-0.2, 0) is 6.18 Å². The van der Waals surface area contributed by atoms with Crippen LogP contribution in [0, 0.1) is 5.92 Å². The Morgan fingerprint density at radius 1 is 1.37 bits per heavy atom. The highest BCUT2D eigenvalue weighted by molar-refractivity contribution is 6.29. The van der Waals surface area contributed by atoms with Gasteiger partial charge in [0.2, 0.25) is 0 Å². The van der Waals surface area contributed by atoms with Crippen LogP contribution < -0.4 is 4.90 Å². The summed E-state index contributed by atoms with van der Waals surface area (Å²) in [6, 6.07) is 2.26. The standard InChI is InChI=1S/C13H16ClF3N2/c1-8(2)7-19(10-3-4-10)12-6-9(13(15,16)17)5-11(14)18-12/h5-6,8,10H,3-4,7H2,1-2H3. The number of hydrogen-bond acceptors (Lipinski definition) is 2. The Kier molecular flexibility index (Phi) is 3.95. The molecule has 1 fully saturated rings. The van der Waals surface area contributed by atoms with Crippen LogP contribution in [0.3, 0.4) is 0 Å². The maximum absolute atomic E-state index is 12.8. The van der Waals surface area contributed by atoms with Gasteiger partial charge in [0.05, 0.1) is 5.56 Å².